The van der Waals surface area contributed by atoms with Crippen LogP contribution in [0.1, 0.15) is 22.4 Å². The number of nitriles is 1. The fraction of sp³-hybridized carbons (Fsp3) is 0.286. The molecule has 0 fully saturated rings. The highest BCUT2D eigenvalue weighted by atomic mass is 15.0. The second kappa shape index (κ2) is 4.06. The molecule has 2 rings (SSSR count). The summed E-state index contributed by atoms with van der Waals surface area (Å²) >= 11 is 0. The quantitative estimate of drug-likeness (QED) is 0.748. The molecule has 0 aliphatic heterocycles. The average Bonchev–Trinajstić information content (AvgIpc) is 2.59. The summed E-state index contributed by atoms with van der Waals surface area (Å²) in [4.78, 5) is 4.35. The first-order valence-electron chi connectivity index (χ1n) is 5.54. The summed E-state index contributed by atoms with van der Waals surface area (Å²) in [6, 6.07) is 6.36. The predicted molar refractivity (Wildman–Crippen MR) is 67.6 cm³/mol. The third-order valence-electron chi connectivity index (χ3n) is 2.89. The molecule has 0 aliphatic carbocycles. The smallest absolute Gasteiger partial charge is 0.159 e. The first-order chi connectivity index (χ1) is 8.02. The van der Waals surface area contributed by atoms with Crippen molar-refractivity contribution in [3.8, 4) is 17.5 Å². The SMILES string of the molecule is Cc1cc(C)c(-c2nc(C#N)cn2C)c(C)c1. The van der Waals surface area contributed by atoms with E-state index in [0.717, 1.165) is 11.4 Å². The Kier molecular flexibility index (Phi) is 2.72. The Morgan fingerprint density at radius 3 is 2.24 bits per heavy atom. The van der Waals surface area contributed by atoms with Gasteiger partial charge in [-0.25, -0.2) is 4.98 Å². The van der Waals surface area contributed by atoms with Crippen molar-refractivity contribution in [2.75, 3.05) is 0 Å². The molecular weight excluding hydrogens is 210 g/mol. The minimum absolute atomic E-state index is 0.460. The molecule has 17 heavy (non-hydrogen) atoms. The van der Waals surface area contributed by atoms with E-state index in [1.807, 2.05) is 11.6 Å². The van der Waals surface area contributed by atoms with Crippen molar-refractivity contribution in [1.82, 2.24) is 9.55 Å². The van der Waals surface area contributed by atoms with Crippen molar-refractivity contribution < 1.29 is 0 Å². The van der Waals surface area contributed by atoms with Crippen LogP contribution < -0.4 is 0 Å². The molecule has 0 aliphatic rings. The molecule has 3 heteroatoms. The summed E-state index contributed by atoms with van der Waals surface area (Å²) in [5.41, 5.74) is 5.22. The standard InChI is InChI=1S/C14H15N3/c1-9-5-10(2)13(11(3)6-9)14-16-12(7-15)8-17(14)4/h5-6,8H,1-4H3. The minimum Gasteiger partial charge on any atom is -0.333 e. The van der Waals surface area contributed by atoms with E-state index in [0.29, 0.717) is 5.69 Å². The molecule has 1 heterocycles. The Hall–Kier alpha value is -2.08. The lowest BCUT2D eigenvalue weighted by molar-refractivity contribution is 0.921. The summed E-state index contributed by atoms with van der Waals surface area (Å²) in [5.74, 6) is 0.858. The molecule has 1 aromatic heterocycles. The van der Waals surface area contributed by atoms with Gasteiger partial charge in [-0.1, -0.05) is 17.7 Å². The Morgan fingerprint density at radius 1 is 1.18 bits per heavy atom. The number of aryl methyl sites for hydroxylation is 4. The molecule has 0 amide bonds. The Morgan fingerprint density at radius 2 is 1.76 bits per heavy atom. The summed E-state index contributed by atoms with van der Waals surface area (Å²) in [6.45, 7) is 6.25. The van der Waals surface area contributed by atoms with Gasteiger partial charge in [0.2, 0.25) is 0 Å². The molecule has 0 N–H and O–H groups in total. The summed E-state index contributed by atoms with van der Waals surface area (Å²) in [7, 11) is 1.92. The predicted octanol–water partition coefficient (Wildman–Crippen LogP) is 2.88. The van der Waals surface area contributed by atoms with Crippen LogP contribution in [-0.4, -0.2) is 9.55 Å². The van der Waals surface area contributed by atoms with E-state index in [9.17, 15) is 0 Å². The molecule has 1 aromatic carbocycles. The van der Waals surface area contributed by atoms with Gasteiger partial charge in [0.1, 0.15) is 11.9 Å². The van der Waals surface area contributed by atoms with Gasteiger partial charge >= 0.3 is 0 Å². The lowest BCUT2D eigenvalue weighted by Gasteiger charge is -2.10. The van der Waals surface area contributed by atoms with Crippen LogP contribution in [-0.2, 0) is 7.05 Å². The summed E-state index contributed by atoms with van der Waals surface area (Å²) in [6.07, 6.45) is 1.76. The van der Waals surface area contributed by atoms with Gasteiger partial charge in [0, 0.05) is 18.8 Å². The zero-order valence-electron chi connectivity index (χ0n) is 10.6. The van der Waals surface area contributed by atoms with Crippen molar-refractivity contribution in [2.45, 2.75) is 20.8 Å². The average molecular weight is 225 g/mol. The monoisotopic (exact) mass is 225 g/mol. The lowest BCUT2D eigenvalue weighted by atomic mass is 9.99. The van der Waals surface area contributed by atoms with Crippen LogP contribution in [0.5, 0.6) is 0 Å². The zero-order valence-corrected chi connectivity index (χ0v) is 10.6. The van der Waals surface area contributed by atoms with E-state index in [-0.39, 0.29) is 0 Å². The van der Waals surface area contributed by atoms with E-state index in [1.165, 1.54) is 16.7 Å². The number of imidazole rings is 1. The van der Waals surface area contributed by atoms with Crippen LogP contribution in [0, 0.1) is 32.1 Å². The van der Waals surface area contributed by atoms with E-state index >= 15 is 0 Å². The van der Waals surface area contributed by atoms with Crippen LogP contribution in [0.3, 0.4) is 0 Å². The van der Waals surface area contributed by atoms with E-state index in [4.69, 9.17) is 5.26 Å². The Labute approximate surface area is 101 Å². The highest BCUT2D eigenvalue weighted by Crippen LogP contribution is 2.27. The van der Waals surface area contributed by atoms with Crippen LogP contribution in [0.4, 0.5) is 0 Å². The van der Waals surface area contributed by atoms with Gasteiger partial charge in [-0.15, -0.1) is 0 Å². The van der Waals surface area contributed by atoms with E-state index in [1.54, 1.807) is 6.20 Å². The van der Waals surface area contributed by atoms with Gasteiger partial charge in [0.15, 0.2) is 5.69 Å². The molecule has 0 saturated carbocycles. The van der Waals surface area contributed by atoms with Crippen molar-refractivity contribution in [3.63, 3.8) is 0 Å². The second-order valence-corrected chi connectivity index (χ2v) is 4.45. The molecule has 0 unspecified atom stereocenters. The number of nitrogens with zero attached hydrogens (tertiary/aromatic N) is 3. The van der Waals surface area contributed by atoms with E-state index < -0.39 is 0 Å². The molecule has 0 bridgehead atoms. The number of hydrogen-bond donors (Lipinski definition) is 0. The van der Waals surface area contributed by atoms with Crippen molar-refractivity contribution in [3.05, 3.63) is 40.7 Å². The molecule has 0 radical (unpaired) electrons. The first-order valence-corrected chi connectivity index (χ1v) is 5.54. The van der Waals surface area contributed by atoms with Crippen molar-refractivity contribution >= 4 is 0 Å². The molecule has 3 nitrogen and oxygen atoms in total. The van der Waals surface area contributed by atoms with Gasteiger partial charge in [0.25, 0.3) is 0 Å². The highest BCUT2D eigenvalue weighted by Gasteiger charge is 2.12. The molecule has 0 saturated heterocycles. The maximum absolute atomic E-state index is 8.88. The van der Waals surface area contributed by atoms with Crippen LogP contribution in [0.15, 0.2) is 18.3 Å². The van der Waals surface area contributed by atoms with Crippen LogP contribution in [0.25, 0.3) is 11.4 Å². The molecular formula is C14H15N3. The van der Waals surface area contributed by atoms with E-state index in [2.05, 4.69) is 44.0 Å². The van der Waals surface area contributed by atoms with Crippen LogP contribution in [0.2, 0.25) is 0 Å². The van der Waals surface area contributed by atoms with Gasteiger partial charge in [-0.2, -0.15) is 5.26 Å². The second-order valence-electron chi connectivity index (χ2n) is 4.45. The van der Waals surface area contributed by atoms with Gasteiger partial charge < -0.3 is 4.57 Å². The fourth-order valence-electron chi connectivity index (χ4n) is 2.29. The maximum Gasteiger partial charge on any atom is 0.159 e. The fourth-order valence-corrected chi connectivity index (χ4v) is 2.29. The topological polar surface area (TPSA) is 41.6 Å². The number of rotatable bonds is 1. The first kappa shape index (κ1) is 11.4. The number of benzene rings is 1. The zero-order chi connectivity index (χ0) is 12.6. The molecule has 2 aromatic rings. The largest absolute Gasteiger partial charge is 0.333 e. The van der Waals surface area contributed by atoms with Gasteiger partial charge in [-0.3, -0.25) is 0 Å². The van der Waals surface area contributed by atoms with Crippen LogP contribution >= 0.6 is 0 Å². The van der Waals surface area contributed by atoms with Gasteiger partial charge in [0.05, 0.1) is 0 Å². The Bertz CT molecular complexity index is 592. The lowest BCUT2D eigenvalue weighted by Crippen LogP contribution is -1.97. The third kappa shape index (κ3) is 1.94. The normalized spacial score (nSPS) is 10.3. The van der Waals surface area contributed by atoms with Crippen molar-refractivity contribution in [1.29, 1.82) is 5.26 Å². The highest BCUT2D eigenvalue weighted by molar-refractivity contribution is 5.66. The Balaban J connectivity index is 2.69. The maximum atomic E-state index is 8.88. The molecule has 0 atom stereocenters. The molecule has 86 valence electrons. The van der Waals surface area contributed by atoms with Gasteiger partial charge in [-0.05, 0) is 31.9 Å². The third-order valence-corrected chi connectivity index (χ3v) is 2.89. The molecule has 0 spiro atoms. The summed E-state index contributed by atoms with van der Waals surface area (Å²) < 4.78 is 1.91. The number of aromatic nitrogens is 2. The minimum atomic E-state index is 0.460. The summed E-state index contributed by atoms with van der Waals surface area (Å²) in [5, 5.41) is 8.88. The van der Waals surface area contributed by atoms with Crippen molar-refractivity contribution in [2.24, 2.45) is 7.05 Å². The number of hydrogen-bond acceptors (Lipinski definition) is 2.